The number of thiazole rings is 1. The molecule has 20 heavy (non-hydrogen) atoms. The van der Waals surface area contributed by atoms with E-state index in [1.165, 1.54) is 10.4 Å². The summed E-state index contributed by atoms with van der Waals surface area (Å²) in [4.78, 5) is 10.4. The molecule has 0 saturated carbocycles. The molecule has 3 aromatic rings. The van der Waals surface area contributed by atoms with Gasteiger partial charge in [-0.25, -0.2) is 9.97 Å². The van der Waals surface area contributed by atoms with Gasteiger partial charge in [0.1, 0.15) is 10.8 Å². The Kier molecular flexibility index (Phi) is 3.80. The van der Waals surface area contributed by atoms with Crippen LogP contribution in [0.15, 0.2) is 30.5 Å². The fourth-order valence-corrected chi connectivity index (χ4v) is 3.06. The Morgan fingerprint density at radius 2 is 2.10 bits per heavy atom. The molecule has 3 rings (SSSR count). The van der Waals surface area contributed by atoms with E-state index in [1.807, 2.05) is 24.4 Å². The molecule has 0 fully saturated rings. The molecule has 0 aliphatic carbocycles. The normalized spacial score (nSPS) is 11.3. The lowest BCUT2D eigenvalue weighted by Crippen LogP contribution is -2.15. The van der Waals surface area contributed by atoms with Gasteiger partial charge in [0.05, 0.1) is 17.6 Å². The average Bonchev–Trinajstić information content (AvgIpc) is 3.05. The Hall–Kier alpha value is -1.72. The first-order valence-electron chi connectivity index (χ1n) is 6.82. The number of hydrogen-bond acceptors (Lipinski definition) is 4. The van der Waals surface area contributed by atoms with E-state index < -0.39 is 0 Å². The third kappa shape index (κ3) is 2.59. The minimum absolute atomic E-state index is 0.756. The maximum Gasteiger partial charge on any atom is 0.123 e. The number of rotatable bonds is 5. The Labute approximate surface area is 122 Å². The average molecular weight is 286 g/mol. The first kappa shape index (κ1) is 13.3. The number of imidazole rings is 1. The van der Waals surface area contributed by atoms with E-state index in [1.54, 1.807) is 11.3 Å². The van der Waals surface area contributed by atoms with Crippen molar-refractivity contribution in [1.29, 1.82) is 0 Å². The second kappa shape index (κ2) is 5.73. The fraction of sp³-hybridized carbons (Fsp3) is 0.333. The molecule has 0 aliphatic rings. The molecule has 1 aromatic carbocycles. The summed E-state index contributed by atoms with van der Waals surface area (Å²) in [7, 11) is 2.06. The fourth-order valence-electron chi connectivity index (χ4n) is 2.23. The first-order valence-corrected chi connectivity index (χ1v) is 7.64. The molecule has 0 saturated heterocycles. The molecule has 2 aromatic heterocycles. The van der Waals surface area contributed by atoms with Crippen LogP contribution in [0.25, 0.3) is 11.0 Å². The summed E-state index contributed by atoms with van der Waals surface area (Å²) in [5, 5.41) is 4.56. The lowest BCUT2D eigenvalue weighted by atomic mass is 10.3. The van der Waals surface area contributed by atoms with Crippen LogP contribution in [0.4, 0.5) is 0 Å². The second-order valence-corrected chi connectivity index (χ2v) is 5.95. The molecule has 2 heterocycles. The van der Waals surface area contributed by atoms with Crippen LogP contribution in [0.1, 0.15) is 22.6 Å². The quantitative estimate of drug-likeness (QED) is 0.784. The molecular weight excluding hydrogens is 268 g/mol. The molecule has 4 nitrogen and oxygen atoms in total. The minimum atomic E-state index is 0.756. The third-order valence-corrected chi connectivity index (χ3v) is 4.53. The van der Waals surface area contributed by atoms with Gasteiger partial charge in [-0.1, -0.05) is 19.1 Å². The molecule has 0 aliphatic heterocycles. The van der Waals surface area contributed by atoms with E-state index in [9.17, 15) is 0 Å². The molecule has 0 spiro atoms. The van der Waals surface area contributed by atoms with Crippen molar-refractivity contribution >= 4 is 22.4 Å². The standard InChI is InChI=1S/C15H18N4S/c1-3-11-8-17-15(20-11)10-16-9-14-18-12-6-4-5-7-13(12)19(14)2/h4-8,16H,3,9-10H2,1-2H3. The highest BCUT2D eigenvalue weighted by Gasteiger charge is 2.07. The van der Waals surface area contributed by atoms with Gasteiger partial charge in [0.25, 0.3) is 0 Å². The predicted molar refractivity (Wildman–Crippen MR) is 82.7 cm³/mol. The number of para-hydroxylation sites is 2. The number of hydrogen-bond donors (Lipinski definition) is 1. The number of aromatic nitrogens is 3. The molecule has 0 bridgehead atoms. The van der Waals surface area contributed by atoms with Gasteiger partial charge in [-0.2, -0.15) is 0 Å². The first-order chi connectivity index (χ1) is 9.78. The van der Waals surface area contributed by atoms with Crippen LogP contribution in [0.3, 0.4) is 0 Å². The highest BCUT2D eigenvalue weighted by atomic mass is 32.1. The number of benzene rings is 1. The lowest BCUT2D eigenvalue weighted by molar-refractivity contribution is 0.641. The van der Waals surface area contributed by atoms with E-state index in [-0.39, 0.29) is 0 Å². The van der Waals surface area contributed by atoms with Crippen molar-refractivity contribution in [3.05, 3.63) is 46.2 Å². The van der Waals surface area contributed by atoms with Gasteiger partial charge in [0, 0.05) is 24.7 Å². The highest BCUT2D eigenvalue weighted by Crippen LogP contribution is 2.15. The van der Waals surface area contributed by atoms with E-state index in [0.717, 1.165) is 35.9 Å². The Bertz CT molecular complexity index is 714. The number of aryl methyl sites for hydroxylation is 2. The molecule has 5 heteroatoms. The van der Waals surface area contributed by atoms with Gasteiger partial charge >= 0.3 is 0 Å². The Morgan fingerprint density at radius 3 is 2.85 bits per heavy atom. The van der Waals surface area contributed by atoms with Gasteiger partial charge < -0.3 is 9.88 Å². The Balaban J connectivity index is 1.66. The summed E-state index contributed by atoms with van der Waals surface area (Å²) in [5.41, 5.74) is 2.22. The van der Waals surface area contributed by atoms with Crippen LogP contribution >= 0.6 is 11.3 Å². The van der Waals surface area contributed by atoms with Gasteiger partial charge in [-0.05, 0) is 18.6 Å². The van der Waals surface area contributed by atoms with Gasteiger partial charge in [-0.15, -0.1) is 11.3 Å². The van der Waals surface area contributed by atoms with Crippen molar-refractivity contribution < 1.29 is 0 Å². The summed E-state index contributed by atoms with van der Waals surface area (Å²) < 4.78 is 2.14. The minimum Gasteiger partial charge on any atom is -0.330 e. The zero-order valence-electron chi connectivity index (χ0n) is 11.8. The predicted octanol–water partition coefficient (Wildman–Crippen LogP) is 2.88. The zero-order chi connectivity index (χ0) is 13.9. The monoisotopic (exact) mass is 286 g/mol. The smallest absolute Gasteiger partial charge is 0.123 e. The molecule has 104 valence electrons. The number of fused-ring (bicyclic) bond motifs is 1. The van der Waals surface area contributed by atoms with Crippen molar-refractivity contribution in [2.75, 3.05) is 0 Å². The maximum atomic E-state index is 4.65. The van der Waals surface area contributed by atoms with E-state index >= 15 is 0 Å². The molecular formula is C15H18N4S. The van der Waals surface area contributed by atoms with Crippen molar-refractivity contribution in [3.63, 3.8) is 0 Å². The third-order valence-electron chi connectivity index (χ3n) is 3.39. The number of nitrogens with zero attached hydrogens (tertiary/aromatic N) is 3. The summed E-state index contributed by atoms with van der Waals surface area (Å²) in [5.74, 6) is 1.05. The van der Waals surface area contributed by atoms with Crippen molar-refractivity contribution in [1.82, 2.24) is 19.9 Å². The van der Waals surface area contributed by atoms with E-state index in [4.69, 9.17) is 0 Å². The van der Waals surface area contributed by atoms with Gasteiger partial charge in [-0.3, -0.25) is 0 Å². The Morgan fingerprint density at radius 1 is 1.25 bits per heavy atom. The highest BCUT2D eigenvalue weighted by molar-refractivity contribution is 7.11. The second-order valence-electron chi connectivity index (χ2n) is 4.75. The van der Waals surface area contributed by atoms with Crippen molar-refractivity contribution in [2.24, 2.45) is 7.05 Å². The van der Waals surface area contributed by atoms with Gasteiger partial charge in [0.2, 0.25) is 0 Å². The molecule has 0 atom stereocenters. The topological polar surface area (TPSA) is 42.7 Å². The lowest BCUT2D eigenvalue weighted by Gasteiger charge is -2.03. The van der Waals surface area contributed by atoms with Crippen molar-refractivity contribution in [3.8, 4) is 0 Å². The summed E-state index contributed by atoms with van der Waals surface area (Å²) >= 11 is 1.78. The molecule has 1 N–H and O–H groups in total. The van der Waals surface area contributed by atoms with Crippen LogP contribution in [0.2, 0.25) is 0 Å². The zero-order valence-corrected chi connectivity index (χ0v) is 12.6. The largest absolute Gasteiger partial charge is 0.330 e. The van der Waals surface area contributed by atoms with Crippen LogP contribution in [0, 0.1) is 0 Å². The SMILES string of the molecule is CCc1cnc(CNCc2nc3ccccc3n2C)s1. The molecule has 0 radical (unpaired) electrons. The summed E-state index contributed by atoms with van der Waals surface area (Å²) in [6, 6.07) is 8.21. The van der Waals surface area contributed by atoms with Crippen LogP contribution in [0.5, 0.6) is 0 Å². The summed E-state index contributed by atoms with van der Waals surface area (Å²) in [6.07, 6.45) is 3.03. The van der Waals surface area contributed by atoms with Gasteiger partial charge in [0.15, 0.2) is 0 Å². The van der Waals surface area contributed by atoms with Crippen LogP contribution < -0.4 is 5.32 Å². The van der Waals surface area contributed by atoms with E-state index in [0.29, 0.717) is 0 Å². The van der Waals surface area contributed by atoms with E-state index in [2.05, 4.69) is 39.9 Å². The molecule has 0 amide bonds. The summed E-state index contributed by atoms with van der Waals surface area (Å²) in [6.45, 7) is 3.71. The van der Waals surface area contributed by atoms with Crippen LogP contribution in [-0.4, -0.2) is 14.5 Å². The van der Waals surface area contributed by atoms with Crippen LogP contribution in [-0.2, 0) is 26.6 Å². The molecule has 0 unspecified atom stereocenters. The maximum absolute atomic E-state index is 4.65. The van der Waals surface area contributed by atoms with Crippen molar-refractivity contribution in [2.45, 2.75) is 26.4 Å². The number of nitrogens with one attached hydrogen (secondary N) is 1.